The van der Waals surface area contributed by atoms with Crippen LogP contribution in [-0.2, 0) is 11.3 Å². The SMILES string of the molecule is COc1ccc(N2CCN(CC(=O)NC3CCN(Cc4ccccc4)CC3)C2=O)cc1OC. The molecule has 2 saturated heterocycles. The van der Waals surface area contributed by atoms with Gasteiger partial charge in [-0.05, 0) is 30.5 Å². The fourth-order valence-corrected chi connectivity index (χ4v) is 4.49. The highest BCUT2D eigenvalue weighted by atomic mass is 16.5. The number of methoxy groups -OCH3 is 2. The molecule has 2 aliphatic heterocycles. The molecule has 0 radical (unpaired) electrons. The molecule has 0 unspecified atom stereocenters. The molecule has 33 heavy (non-hydrogen) atoms. The summed E-state index contributed by atoms with van der Waals surface area (Å²) >= 11 is 0. The van der Waals surface area contributed by atoms with Crippen molar-refractivity contribution in [2.24, 2.45) is 0 Å². The van der Waals surface area contributed by atoms with Crippen LogP contribution in [0.2, 0.25) is 0 Å². The molecule has 4 rings (SSSR count). The van der Waals surface area contributed by atoms with Crippen LogP contribution in [0, 0.1) is 0 Å². The van der Waals surface area contributed by atoms with Gasteiger partial charge in [0.05, 0.1) is 14.2 Å². The third-order valence-electron chi connectivity index (χ3n) is 6.31. The molecular formula is C25H32N4O4. The molecule has 0 bridgehead atoms. The molecule has 1 N–H and O–H groups in total. The van der Waals surface area contributed by atoms with Gasteiger partial charge >= 0.3 is 6.03 Å². The summed E-state index contributed by atoms with van der Waals surface area (Å²) in [4.78, 5) is 31.2. The van der Waals surface area contributed by atoms with Crippen LogP contribution in [0.1, 0.15) is 18.4 Å². The van der Waals surface area contributed by atoms with Gasteiger partial charge in [-0.3, -0.25) is 14.6 Å². The lowest BCUT2D eigenvalue weighted by Gasteiger charge is -2.32. The number of nitrogens with zero attached hydrogens (tertiary/aromatic N) is 3. The lowest BCUT2D eigenvalue weighted by Crippen LogP contribution is -2.47. The number of hydrogen-bond acceptors (Lipinski definition) is 5. The average Bonchev–Trinajstić information content (AvgIpc) is 3.20. The minimum absolute atomic E-state index is 0.0762. The van der Waals surface area contributed by atoms with Crippen LogP contribution in [0.3, 0.4) is 0 Å². The van der Waals surface area contributed by atoms with Crippen LogP contribution in [-0.4, -0.2) is 74.7 Å². The number of anilines is 1. The van der Waals surface area contributed by atoms with Gasteiger partial charge in [-0.1, -0.05) is 30.3 Å². The third-order valence-corrected chi connectivity index (χ3v) is 6.31. The zero-order chi connectivity index (χ0) is 23.2. The van der Waals surface area contributed by atoms with Crippen LogP contribution in [0.4, 0.5) is 10.5 Å². The van der Waals surface area contributed by atoms with Gasteiger partial charge in [-0.25, -0.2) is 4.79 Å². The maximum Gasteiger partial charge on any atom is 0.325 e. The number of likely N-dealkylation sites (tertiary alicyclic amines) is 1. The quantitative estimate of drug-likeness (QED) is 0.667. The zero-order valence-corrected chi connectivity index (χ0v) is 19.3. The van der Waals surface area contributed by atoms with E-state index in [-0.39, 0.29) is 24.5 Å². The zero-order valence-electron chi connectivity index (χ0n) is 19.3. The smallest absolute Gasteiger partial charge is 0.325 e. The Kier molecular flexibility index (Phi) is 7.34. The molecule has 0 atom stereocenters. The molecule has 2 heterocycles. The van der Waals surface area contributed by atoms with Crippen LogP contribution in [0.15, 0.2) is 48.5 Å². The Morgan fingerprint density at radius 1 is 0.970 bits per heavy atom. The second-order valence-corrected chi connectivity index (χ2v) is 8.50. The van der Waals surface area contributed by atoms with E-state index in [2.05, 4.69) is 34.5 Å². The number of carbonyl (C=O) groups is 2. The Labute approximate surface area is 195 Å². The van der Waals surface area contributed by atoms with Crippen molar-refractivity contribution in [2.45, 2.75) is 25.4 Å². The van der Waals surface area contributed by atoms with Crippen molar-refractivity contribution in [2.75, 3.05) is 51.8 Å². The molecular weight excluding hydrogens is 420 g/mol. The van der Waals surface area contributed by atoms with Gasteiger partial charge in [-0.2, -0.15) is 0 Å². The van der Waals surface area contributed by atoms with Gasteiger partial charge in [0.2, 0.25) is 5.91 Å². The van der Waals surface area contributed by atoms with E-state index in [4.69, 9.17) is 9.47 Å². The monoisotopic (exact) mass is 452 g/mol. The van der Waals surface area contributed by atoms with E-state index < -0.39 is 0 Å². The first-order valence-corrected chi connectivity index (χ1v) is 11.4. The number of ether oxygens (including phenoxy) is 2. The molecule has 176 valence electrons. The highest BCUT2D eigenvalue weighted by Gasteiger charge is 2.32. The molecule has 0 saturated carbocycles. The predicted octanol–water partition coefficient (Wildman–Crippen LogP) is 2.73. The summed E-state index contributed by atoms with van der Waals surface area (Å²) in [6.07, 6.45) is 1.84. The number of benzene rings is 2. The lowest BCUT2D eigenvalue weighted by atomic mass is 10.0. The Morgan fingerprint density at radius 3 is 2.39 bits per heavy atom. The highest BCUT2D eigenvalue weighted by molar-refractivity contribution is 5.96. The summed E-state index contributed by atoms with van der Waals surface area (Å²) in [6.45, 7) is 3.96. The first-order chi connectivity index (χ1) is 16.1. The average molecular weight is 453 g/mol. The van der Waals surface area contributed by atoms with E-state index >= 15 is 0 Å². The summed E-state index contributed by atoms with van der Waals surface area (Å²) in [7, 11) is 3.14. The minimum Gasteiger partial charge on any atom is -0.493 e. The third kappa shape index (κ3) is 5.57. The summed E-state index contributed by atoms with van der Waals surface area (Å²) < 4.78 is 10.6. The van der Waals surface area contributed by atoms with Gasteiger partial charge < -0.3 is 19.7 Å². The second-order valence-electron chi connectivity index (χ2n) is 8.50. The molecule has 3 amide bonds. The molecule has 0 aliphatic carbocycles. The van der Waals surface area contributed by atoms with Crippen LogP contribution < -0.4 is 19.7 Å². The predicted molar refractivity (Wildman–Crippen MR) is 127 cm³/mol. The molecule has 2 fully saturated rings. The maximum atomic E-state index is 12.9. The van der Waals surface area contributed by atoms with Crippen molar-refractivity contribution in [3.8, 4) is 11.5 Å². The topological polar surface area (TPSA) is 74.4 Å². The maximum absolute atomic E-state index is 12.9. The highest BCUT2D eigenvalue weighted by Crippen LogP contribution is 2.32. The molecule has 2 aromatic rings. The molecule has 8 heteroatoms. The van der Waals surface area contributed by atoms with Crippen molar-refractivity contribution in [1.29, 1.82) is 0 Å². The first-order valence-electron chi connectivity index (χ1n) is 11.4. The van der Waals surface area contributed by atoms with E-state index in [0.29, 0.717) is 24.6 Å². The first kappa shape index (κ1) is 22.9. The number of amides is 3. The van der Waals surface area contributed by atoms with E-state index in [0.717, 1.165) is 38.2 Å². The molecule has 2 aromatic carbocycles. The Bertz CT molecular complexity index is 960. The van der Waals surface area contributed by atoms with Crippen molar-refractivity contribution in [1.82, 2.24) is 15.1 Å². The number of urea groups is 1. The van der Waals surface area contributed by atoms with Gasteiger partial charge in [0.1, 0.15) is 6.54 Å². The van der Waals surface area contributed by atoms with E-state index in [1.807, 2.05) is 12.1 Å². The van der Waals surface area contributed by atoms with Crippen molar-refractivity contribution >= 4 is 17.6 Å². The van der Waals surface area contributed by atoms with Crippen molar-refractivity contribution in [3.63, 3.8) is 0 Å². The van der Waals surface area contributed by atoms with Crippen molar-refractivity contribution < 1.29 is 19.1 Å². The van der Waals surface area contributed by atoms with Gasteiger partial charge in [0.15, 0.2) is 11.5 Å². The van der Waals surface area contributed by atoms with Gasteiger partial charge in [0, 0.05) is 50.5 Å². The Hall–Kier alpha value is -3.26. The van der Waals surface area contributed by atoms with E-state index in [1.54, 1.807) is 36.2 Å². The summed E-state index contributed by atoms with van der Waals surface area (Å²) in [5.74, 6) is 1.08. The molecule has 0 aromatic heterocycles. The molecule has 0 spiro atoms. The van der Waals surface area contributed by atoms with Crippen LogP contribution >= 0.6 is 0 Å². The second kappa shape index (κ2) is 10.6. The Morgan fingerprint density at radius 2 is 1.70 bits per heavy atom. The largest absolute Gasteiger partial charge is 0.493 e. The number of hydrogen-bond donors (Lipinski definition) is 1. The number of carbonyl (C=O) groups excluding carboxylic acids is 2. The fourth-order valence-electron chi connectivity index (χ4n) is 4.49. The fraction of sp³-hybridized carbons (Fsp3) is 0.440. The summed E-state index contributed by atoms with van der Waals surface area (Å²) in [6, 6.07) is 15.8. The standard InChI is InChI=1S/C25H32N4O4/c1-32-22-9-8-21(16-23(22)33-2)29-15-14-28(25(29)31)18-24(30)26-20-10-12-27(13-11-20)17-19-6-4-3-5-7-19/h3-9,16,20H,10-15,17-18H2,1-2H3,(H,26,30). The van der Waals surface area contributed by atoms with Crippen LogP contribution in [0.25, 0.3) is 0 Å². The normalized spacial score (nSPS) is 17.3. The lowest BCUT2D eigenvalue weighted by molar-refractivity contribution is -0.122. The number of piperidine rings is 1. The van der Waals surface area contributed by atoms with Gasteiger partial charge in [0.25, 0.3) is 0 Å². The number of nitrogens with one attached hydrogen (secondary N) is 1. The van der Waals surface area contributed by atoms with Gasteiger partial charge in [-0.15, -0.1) is 0 Å². The summed E-state index contributed by atoms with van der Waals surface area (Å²) in [5.41, 5.74) is 2.04. The minimum atomic E-state index is -0.171. The molecule has 8 nitrogen and oxygen atoms in total. The number of rotatable bonds is 8. The van der Waals surface area contributed by atoms with E-state index in [9.17, 15) is 9.59 Å². The molecule has 2 aliphatic rings. The summed E-state index contributed by atoms with van der Waals surface area (Å²) in [5, 5.41) is 3.12. The Balaban J connectivity index is 1.24. The van der Waals surface area contributed by atoms with Crippen LogP contribution in [0.5, 0.6) is 11.5 Å². The van der Waals surface area contributed by atoms with E-state index in [1.165, 1.54) is 5.56 Å². The van der Waals surface area contributed by atoms with Crippen molar-refractivity contribution in [3.05, 3.63) is 54.1 Å².